The Kier molecular flexibility index (Phi) is 5.18. The molecule has 2 fully saturated rings. The van der Waals surface area contributed by atoms with E-state index in [2.05, 4.69) is 20.9 Å². The van der Waals surface area contributed by atoms with E-state index in [1.807, 2.05) is 54.6 Å². The van der Waals surface area contributed by atoms with Crippen LogP contribution in [0.2, 0.25) is 0 Å². The van der Waals surface area contributed by atoms with Crippen LogP contribution in [0.4, 0.5) is 0 Å². The monoisotopic (exact) mass is 536 g/mol. The predicted octanol–water partition coefficient (Wildman–Crippen LogP) is 3.34. The molecular formula is C27H25BrN2O5. The lowest BCUT2D eigenvalue weighted by atomic mass is 9.70. The van der Waals surface area contributed by atoms with E-state index in [9.17, 15) is 15.0 Å². The molecule has 35 heavy (non-hydrogen) atoms. The number of fused-ring (bicyclic) bond motifs is 3. The molecule has 0 spiro atoms. The van der Waals surface area contributed by atoms with Gasteiger partial charge in [0.05, 0.1) is 31.0 Å². The standard InChI is InChI=1S/C27H25BrN2O5/c1-34-19-14-29-15-20-23(19)26(33)24(31)21(25(32)30-12-5-13-30)22(16-6-3-2-4-7-16)27(26,35-20)17-8-10-18(28)11-9-17/h2-4,6-11,14-15,21-22,24,31,33H,5,12-13H2,1H3/t21-,22-,24-,26+,27+/m1/s1. The van der Waals surface area contributed by atoms with Crippen LogP contribution in [-0.4, -0.2) is 52.3 Å². The highest BCUT2D eigenvalue weighted by Gasteiger charge is 2.78. The number of benzene rings is 2. The van der Waals surface area contributed by atoms with Gasteiger partial charge in [-0.2, -0.15) is 0 Å². The highest BCUT2D eigenvalue weighted by molar-refractivity contribution is 9.10. The molecule has 0 unspecified atom stereocenters. The first-order chi connectivity index (χ1) is 16.9. The van der Waals surface area contributed by atoms with Gasteiger partial charge in [-0.05, 0) is 29.7 Å². The Balaban J connectivity index is 1.68. The smallest absolute Gasteiger partial charge is 0.229 e. The van der Waals surface area contributed by atoms with Gasteiger partial charge in [-0.15, -0.1) is 0 Å². The Bertz CT molecular complexity index is 1280. The molecule has 3 heterocycles. The third-order valence-electron chi connectivity index (χ3n) is 7.76. The lowest BCUT2D eigenvalue weighted by molar-refractivity contribution is -0.158. The number of aliphatic hydroxyl groups excluding tert-OH is 1. The summed E-state index contributed by atoms with van der Waals surface area (Å²) in [6.07, 6.45) is 2.48. The van der Waals surface area contributed by atoms with Gasteiger partial charge in [-0.25, -0.2) is 0 Å². The molecule has 3 aromatic rings. The molecule has 0 radical (unpaired) electrons. The number of likely N-dealkylation sites (tertiary alicyclic amines) is 1. The van der Waals surface area contributed by atoms with Crippen molar-refractivity contribution in [1.82, 2.24) is 9.88 Å². The number of pyridine rings is 1. The summed E-state index contributed by atoms with van der Waals surface area (Å²) in [7, 11) is 1.49. The van der Waals surface area contributed by atoms with Crippen molar-refractivity contribution in [2.45, 2.75) is 29.6 Å². The minimum absolute atomic E-state index is 0.185. The van der Waals surface area contributed by atoms with Crippen LogP contribution in [0.15, 0.2) is 71.5 Å². The Labute approximate surface area is 211 Å². The summed E-state index contributed by atoms with van der Waals surface area (Å²) in [5, 5.41) is 24.7. The van der Waals surface area contributed by atoms with Crippen LogP contribution in [0, 0.1) is 5.92 Å². The Morgan fingerprint density at radius 3 is 2.49 bits per heavy atom. The summed E-state index contributed by atoms with van der Waals surface area (Å²) < 4.78 is 13.1. The highest BCUT2D eigenvalue weighted by atomic mass is 79.9. The first-order valence-corrected chi connectivity index (χ1v) is 12.4. The van der Waals surface area contributed by atoms with Gasteiger partial charge in [0, 0.05) is 23.5 Å². The highest BCUT2D eigenvalue weighted by Crippen LogP contribution is 2.69. The van der Waals surface area contributed by atoms with Crippen molar-refractivity contribution in [3.63, 3.8) is 0 Å². The van der Waals surface area contributed by atoms with Crippen LogP contribution in [0.1, 0.15) is 29.0 Å². The second-order valence-electron chi connectivity index (χ2n) is 9.36. The average molecular weight is 537 g/mol. The zero-order chi connectivity index (χ0) is 24.4. The number of aromatic nitrogens is 1. The number of hydrogen-bond donors (Lipinski definition) is 2. The van der Waals surface area contributed by atoms with Gasteiger partial charge in [0.2, 0.25) is 5.91 Å². The molecule has 180 valence electrons. The van der Waals surface area contributed by atoms with Crippen LogP contribution in [0.25, 0.3) is 0 Å². The number of amides is 1. The van der Waals surface area contributed by atoms with Gasteiger partial charge in [0.25, 0.3) is 0 Å². The van der Waals surface area contributed by atoms with E-state index in [1.54, 1.807) is 4.90 Å². The third kappa shape index (κ3) is 2.90. The minimum atomic E-state index is -1.98. The normalized spacial score (nSPS) is 30.7. The fraction of sp³-hybridized carbons (Fsp3) is 0.333. The van der Waals surface area contributed by atoms with E-state index in [0.717, 1.165) is 16.5 Å². The van der Waals surface area contributed by atoms with Crippen molar-refractivity contribution in [2.24, 2.45) is 5.92 Å². The fourth-order valence-electron chi connectivity index (χ4n) is 6.11. The molecule has 8 heteroatoms. The predicted molar refractivity (Wildman–Crippen MR) is 131 cm³/mol. The van der Waals surface area contributed by atoms with Crippen LogP contribution in [0.3, 0.4) is 0 Å². The van der Waals surface area contributed by atoms with Gasteiger partial charge in [0.15, 0.2) is 11.2 Å². The molecule has 2 N–H and O–H groups in total. The fourth-order valence-corrected chi connectivity index (χ4v) is 6.38. The molecule has 1 aromatic heterocycles. The summed E-state index contributed by atoms with van der Waals surface area (Å²) in [4.78, 5) is 19.8. The SMILES string of the molecule is COc1cncc2c1[C@]1(O)[C@H](O)[C@H](C(=O)N3CCC3)[C@@H](c3ccccc3)[C@]1(c1ccc(Br)cc1)O2. The lowest BCUT2D eigenvalue weighted by Gasteiger charge is -2.41. The van der Waals surface area contributed by atoms with E-state index in [-0.39, 0.29) is 5.91 Å². The quantitative estimate of drug-likeness (QED) is 0.531. The molecule has 0 bridgehead atoms. The first kappa shape index (κ1) is 22.5. The number of aliphatic hydroxyl groups is 2. The molecular weight excluding hydrogens is 512 g/mol. The van der Waals surface area contributed by atoms with Gasteiger partial charge in [0.1, 0.15) is 17.6 Å². The minimum Gasteiger partial charge on any atom is -0.495 e. The van der Waals surface area contributed by atoms with E-state index >= 15 is 0 Å². The number of halogens is 1. The van der Waals surface area contributed by atoms with E-state index in [4.69, 9.17) is 9.47 Å². The van der Waals surface area contributed by atoms with Crippen molar-refractivity contribution >= 4 is 21.8 Å². The maximum absolute atomic E-state index is 13.8. The number of carbonyl (C=O) groups is 1. The Morgan fingerprint density at radius 1 is 1.14 bits per heavy atom. The number of methoxy groups -OCH3 is 1. The largest absolute Gasteiger partial charge is 0.495 e. The van der Waals surface area contributed by atoms with Crippen LogP contribution in [-0.2, 0) is 16.0 Å². The number of hydrogen-bond acceptors (Lipinski definition) is 6. The van der Waals surface area contributed by atoms with Crippen molar-refractivity contribution in [3.8, 4) is 11.5 Å². The Hall–Kier alpha value is -2.94. The number of ether oxygens (including phenoxy) is 2. The second-order valence-corrected chi connectivity index (χ2v) is 10.3. The molecule has 1 saturated carbocycles. The molecule has 2 aliphatic heterocycles. The summed E-state index contributed by atoms with van der Waals surface area (Å²) in [6, 6.07) is 17.0. The van der Waals surface area contributed by atoms with Crippen LogP contribution in [0.5, 0.6) is 11.5 Å². The van der Waals surface area contributed by atoms with Gasteiger partial charge < -0.3 is 24.6 Å². The number of nitrogens with zero attached hydrogens (tertiary/aromatic N) is 2. The van der Waals surface area contributed by atoms with E-state index < -0.39 is 29.1 Å². The molecule has 1 saturated heterocycles. The average Bonchev–Trinajstić information content (AvgIpc) is 3.22. The maximum atomic E-state index is 13.8. The van der Waals surface area contributed by atoms with Crippen molar-refractivity contribution in [3.05, 3.63) is 88.2 Å². The van der Waals surface area contributed by atoms with Gasteiger partial charge in [-0.1, -0.05) is 58.4 Å². The molecule has 1 amide bonds. The summed E-state index contributed by atoms with van der Waals surface area (Å²) in [5.41, 5.74) is -1.73. The van der Waals surface area contributed by atoms with Crippen molar-refractivity contribution in [1.29, 1.82) is 0 Å². The maximum Gasteiger partial charge on any atom is 0.229 e. The third-order valence-corrected chi connectivity index (χ3v) is 8.29. The van der Waals surface area contributed by atoms with Crippen LogP contribution >= 0.6 is 15.9 Å². The molecule has 6 rings (SSSR count). The topological polar surface area (TPSA) is 92.1 Å². The number of carbonyl (C=O) groups excluding carboxylic acids is 1. The van der Waals surface area contributed by atoms with E-state index in [1.165, 1.54) is 19.5 Å². The lowest BCUT2D eigenvalue weighted by Crippen LogP contribution is -2.52. The van der Waals surface area contributed by atoms with Crippen molar-refractivity contribution in [2.75, 3.05) is 20.2 Å². The zero-order valence-electron chi connectivity index (χ0n) is 19.1. The zero-order valence-corrected chi connectivity index (χ0v) is 20.7. The van der Waals surface area contributed by atoms with Crippen LogP contribution < -0.4 is 9.47 Å². The summed E-state index contributed by atoms with van der Waals surface area (Å²) in [5.74, 6) is -1.18. The first-order valence-electron chi connectivity index (χ1n) is 11.6. The molecule has 1 aliphatic carbocycles. The second kappa shape index (κ2) is 8.05. The Morgan fingerprint density at radius 2 is 1.86 bits per heavy atom. The summed E-state index contributed by atoms with van der Waals surface area (Å²) in [6.45, 7) is 1.27. The number of rotatable bonds is 4. The molecule has 7 nitrogen and oxygen atoms in total. The molecule has 5 atom stereocenters. The van der Waals surface area contributed by atoms with E-state index in [0.29, 0.717) is 35.7 Å². The summed E-state index contributed by atoms with van der Waals surface area (Å²) >= 11 is 3.49. The van der Waals surface area contributed by atoms with Gasteiger partial charge in [-0.3, -0.25) is 9.78 Å². The molecule has 2 aromatic carbocycles. The van der Waals surface area contributed by atoms with Crippen molar-refractivity contribution < 1.29 is 24.5 Å². The molecule has 3 aliphatic rings. The van der Waals surface area contributed by atoms with Gasteiger partial charge >= 0.3 is 0 Å².